The van der Waals surface area contributed by atoms with Gasteiger partial charge >= 0.3 is 0 Å². The van der Waals surface area contributed by atoms with Gasteiger partial charge in [-0.2, -0.15) is 5.10 Å². The molecule has 1 aromatic rings. The zero-order valence-electron chi connectivity index (χ0n) is 11.5. The predicted molar refractivity (Wildman–Crippen MR) is 81.0 cm³/mol. The van der Waals surface area contributed by atoms with Crippen LogP contribution in [0.2, 0.25) is 0 Å². The van der Waals surface area contributed by atoms with Gasteiger partial charge in [-0.05, 0) is 41.1 Å². The van der Waals surface area contributed by atoms with Crippen molar-refractivity contribution in [1.29, 1.82) is 0 Å². The van der Waals surface area contributed by atoms with Crippen LogP contribution in [-0.4, -0.2) is 29.5 Å². The molecule has 1 aliphatic carbocycles. The molecular weight excluding hydrogens is 322 g/mol. The summed E-state index contributed by atoms with van der Waals surface area (Å²) in [6, 6.07) is 0. The van der Waals surface area contributed by atoms with Gasteiger partial charge in [0, 0.05) is 25.6 Å². The highest BCUT2D eigenvalue weighted by Gasteiger charge is 2.21. The fourth-order valence-electron chi connectivity index (χ4n) is 2.67. The smallest absolute Gasteiger partial charge is 0.291 e. The Morgan fingerprint density at radius 1 is 1.40 bits per heavy atom. The van der Waals surface area contributed by atoms with Gasteiger partial charge in [-0.3, -0.25) is 4.79 Å². The van der Waals surface area contributed by atoms with Crippen molar-refractivity contribution in [2.24, 2.45) is 11.8 Å². The molecule has 5 nitrogen and oxygen atoms in total. The Hall–Kier alpha value is -0.880. The van der Waals surface area contributed by atoms with E-state index in [4.69, 9.17) is 4.74 Å². The number of aromatic nitrogens is 2. The first-order valence-electron chi connectivity index (χ1n) is 7.31. The van der Waals surface area contributed by atoms with E-state index < -0.39 is 0 Å². The van der Waals surface area contributed by atoms with Gasteiger partial charge in [0.05, 0.1) is 17.3 Å². The lowest BCUT2D eigenvalue weighted by atomic mass is 9.85. The Labute approximate surface area is 126 Å². The van der Waals surface area contributed by atoms with E-state index in [9.17, 15) is 4.79 Å². The van der Waals surface area contributed by atoms with Crippen molar-refractivity contribution in [2.75, 3.05) is 25.1 Å². The summed E-state index contributed by atoms with van der Waals surface area (Å²) in [6.45, 7) is 3.14. The quantitative estimate of drug-likeness (QED) is 0.892. The van der Waals surface area contributed by atoms with E-state index in [2.05, 4.69) is 26.3 Å². The van der Waals surface area contributed by atoms with Crippen LogP contribution in [0.4, 0.5) is 5.69 Å². The molecule has 110 valence electrons. The summed E-state index contributed by atoms with van der Waals surface area (Å²) in [5.74, 6) is 1.12. The number of halogens is 1. The molecule has 0 aromatic carbocycles. The zero-order chi connectivity index (χ0) is 13.9. The van der Waals surface area contributed by atoms with E-state index in [-0.39, 0.29) is 5.56 Å². The van der Waals surface area contributed by atoms with Crippen LogP contribution in [0.1, 0.15) is 25.7 Å². The summed E-state index contributed by atoms with van der Waals surface area (Å²) in [5.41, 5.74) is 0.608. The van der Waals surface area contributed by atoms with Crippen LogP contribution in [0, 0.1) is 11.8 Å². The third-order valence-electron chi connectivity index (χ3n) is 4.24. The van der Waals surface area contributed by atoms with E-state index in [0.717, 1.165) is 37.2 Å². The number of nitrogens with one attached hydrogen (secondary N) is 1. The average Bonchev–Trinajstić information content (AvgIpc) is 2.89. The maximum absolute atomic E-state index is 12.4. The first kappa shape index (κ1) is 14.1. The molecule has 1 saturated carbocycles. The molecule has 6 heteroatoms. The van der Waals surface area contributed by atoms with Gasteiger partial charge in [-0.15, -0.1) is 0 Å². The number of rotatable bonds is 5. The summed E-state index contributed by atoms with van der Waals surface area (Å²) in [7, 11) is 0. The van der Waals surface area contributed by atoms with Crippen LogP contribution in [0.25, 0.3) is 0 Å². The van der Waals surface area contributed by atoms with Gasteiger partial charge in [0.2, 0.25) is 0 Å². The lowest BCUT2D eigenvalue weighted by molar-refractivity contribution is 0.187. The highest BCUT2D eigenvalue weighted by Crippen LogP contribution is 2.27. The Kier molecular flexibility index (Phi) is 4.41. The number of hydrogen-bond acceptors (Lipinski definition) is 4. The molecule has 1 aromatic heterocycles. The summed E-state index contributed by atoms with van der Waals surface area (Å²) in [6.07, 6.45) is 6.49. The number of hydrogen-bond donors (Lipinski definition) is 1. The zero-order valence-corrected chi connectivity index (χ0v) is 13.1. The van der Waals surface area contributed by atoms with E-state index in [1.165, 1.54) is 19.3 Å². The molecule has 20 heavy (non-hydrogen) atoms. The van der Waals surface area contributed by atoms with Gasteiger partial charge in [-0.1, -0.05) is 6.42 Å². The maximum Gasteiger partial charge on any atom is 0.291 e. The third kappa shape index (κ3) is 3.06. The van der Waals surface area contributed by atoms with Crippen molar-refractivity contribution in [3.63, 3.8) is 0 Å². The normalized spacial score (nSPS) is 22.8. The molecular formula is C14H20BrN3O2. The number of nitrogens with zero attached hydrogens (tertiary/aromatic N) is 2. The van der Waals surface area contributed by atoms with E-state index in [0.29, 0.717) is 17.5 Å². The standard InChI is InChI=1S/C14H20BrN3O2/c15-12-7-17-18(8-10-2-1-3-10)14(19)13(12)16-6-11-4-5-20-9-11/h7,10-11,16H,1-6,8-9H2. The molecule has 0 bridgehead atoms. The minimum absolute atomic E-state index is 0.0230. The second kappa shape index (κ2) is 6.26. The predicted octanol–water partition coefficient (Wildman–Crippen LogP) is 2.25. The first-order valence-corrected chi connectivity index (χ1v) is 8.10. The fraction of sp³-hybridized carbons (Fsp3) is 0.714. The molecule has 3 rings (SSSR count). The van der Waals surface area contributed by atoms with Crippen LogP contribution in [0.5, 0.6) is 0 Å². The largest absolute Gasteiger partial charge is 0.381 e. The molecule has 1 N–H and O–H groups in total. The fourth-order valence-corrected chi connectivity index (χ4v) is 3.07. The maximum atomic E-state index is 12.4. The average molecular weight is 342 g/mol. The van der Waals surface area contributed by atoms with Crippen LogP contribution < -0.4 is 10.9 Å². The molecule has 1 saturated heterocycles. The van der Waals surface area contributed by atoms with Gasteiger partial charge in [0.25, 0.3) is 5.56 Å². The van der Waals surface area contributed by atoms with Gasteiger partial charge in [0.15, 0.2) is 0 Å². The third-order valence-corrected chi connectivity index (χ3v) is 4.85. The van der Waals surface area contributed by atoms with E-state index in [1.54, 1.807) is 10.9 Å². The van der Waals surface area contributed by atoms with Gasteiger partial charge in [-0.25, -0.2) is 4.68 Å². The second-order valence-electron chi connectivity index (χ2n) is 5.76. The molecule has 1 unspecified atom stereocenters. The van der Waals surface area contributed by atoms with Crippen molar-refractivity contribution in [1.82, 2.24) is 9.78 Å². The molecule has 1 atom stereocenters. The van der Waals surface area contributed by atoms with Crippen LogP contribution in [-0.2, 0) is 11.3 Å². The SMILES string of the molecule is O=c1c(NCC2CCOC2)c(Br)cnn1CC1CCC1. The monoisotopic (exact) mass is 341 g/mol. The summed E-state index contributed by atoms with van der Waals surface area (Å²) < 4.78 is 7.70. The molecule has 2 heterocycles. The van der Waals surface area contributed by atoms with Crippen molar-refractivity contribution in [3.8, 4) is 0 Å². The summed E-state index contributed by atoms with van der Waals surface area (Å²) in [4.78, 5) is 12.4. The lowest BCUT2D eigenvalue weighted by Gasteiger charge is -2.25. The van der Waals surface area contributed by atoms with Crippen molar-refractivity contribution in [2.45, 2.75) is 32.2 Å². The first-order chi connectivity index (χ1) is 9.74. The van der Waals surface area contributed by atoms with Crippen molar-refractivity contribution in [3.05, 3.63) is 21.0 Å². The minimum atomic E-state index is -0.0230. The lowest BCUT2D eigenvalue weighted by Crippen LogP contribution is -2.31. The Morgan fingerprint density at radius 2 is 2.25 bits per heavy atom. The molecule has 0 amide bonds. The number of ether oxygens (including phenoxy) is 1. The van der Waals surface area contributed by atoms with E-state index in [1.807, 2.05) is 0 Å². The highest BCUT2D eigenvalue weighted by atomic mass is 79.9. The van der Waals surface area contributed by atoms with Crippen LogP contribution >= 0.6 is 15.9 Å². The summed E-state index contributed by atoms with van der Waals surface area (Å²) in [5, 5.41) is 7.51. The second-order valence-corrected chi connectivity index (χ2v) is 6.62. The molecule has 1 aliphatic heterocycles. The van der Waals surface area contributed by atoms with Crippen LogP contribution in [0.3, 0.4) is 0 Å². The van der Waals surface area contributed by atoms with Crippen LogP contribution in [0.15, 0.2) is 15.5 Å². The molecule has 2 aliphatic rings. The summed E-state index contributed by atoms with van der Waals surface area (Å²) >= 11 is 3.42. The van der Waals surface area contributed by atoms with Crippen molar-refractivity contribution >= 4 is 21.6 Å². The van der Waals surface area contributed by atoms with E-state index >= 15 is 0 Å². The Morgan fingerprint density at radius 3 is 2.90 bits per heavy atom. The van der Waals surface area contributed by atoms with Gasteiger partial charge < -0.3 is 10.1 Å². The number of anilines is 1. The molecule has 0 radical (unpaired) electrons. The van der Waals surface area contributed by atoms with Gasteiger partial charge in [0.1, 0.15) is 5.69 Å². The molecule has 2 fully saturated rings. The topological polar surface area (TPSA) is 56.1 Å². The Balaban J connectivity index is 1.70. The van der Waals surface area contributed by atoms with Crippen molar-refractivity contribution < 1.29 is 4.74 Å². The minimum Gasteiger partial charge on any atom is -0.381 e. The highest BCUT2D eigenvalue weighted by molar-refractivity contribution is 9.10. The Bertz CT molecular complexity index is 522. The molecule has 0 spiro atoms.